The van der Waals surface area contributed by atoms with Crippen LogP contribution in [0.3, 0.4) is 0 Å². The first-order chi connectivity index (χ1) is 13.4. The predicted octanol–water partition coefficient (Wildman–Crippen LogP) is 2.49. The lowest BCUT2D eigenvalue weighted by Gasteiger charge is -2.36. The summed E-state index contributed by atoms with van der Waals surface area (Å²) in [5.74, 6) is 2.14. The first-order valence-corrected chi connectivity index (χ1v) is 9.34. The Kier molecular flexibility index (Phi) is 5.55. The van der Waals surface area contributed by atoms with E-state index in [4.69, 9.17) is 0 Å². The molecule has 1 fully saturated rings. The number of hydrogen-bond donors (Lipinski definition) is 1. The highest BCUT2D eigenvalue weighted by Gasteiger charge is 2.20. The Morgan fingerprint density at radius 1 is 0.741 bits per heavy atom. The number of nitrogens with one attached hydrogen (secondary N) is 1. The van der Waals surface area contributed by atoms with Crippen molar-refractivity contribution >= 4 is 11.6 Å². The van der Waals surface area contributed by atoms with E-state index in [0.29, 0.717) is 0 Å². The highest BCUT2D eigenvalue weighted by atomic mass is 15.3. The summed E-state index contributed by atoms with van der Waals surface area (Å²) in [4.78, 5) is 17.9. The fourth-order valence-corrected chi connectivity index (χ4v) is 3.38. The molecule has 0 radical (unpaired) electrons. The van der Waals surface area contributed by atoms with Gasteiger partial charge in [-0.25, -0.2) is 9.97 Å². The van der Waals surface area contributed by atoms with Crippen LogP contribution < -0.4 is 15.1 Å². The van der Waals surface area contributed by atoms with Crippen molar-refractivity contribution in [2.45, 2.75) is 13.1 Å². The molecule has 27 heavy (non-hydrogen) atoms. The minimum Gasteiger partial charge on any atom is -0.353 e. The summed E-state index contributed by atoms with van der Waals surface area (Å²) in [5.41, 5.74) is 2.47. The minimum atomic E-state index is 0.798. The molecule has 0 spiro atoms. The first kappa shape index (κ1) is 17.4. The molecule has 0 unspecified atom stereocenters. The second kappa shape index (κ2) is 8.60. The second-order valence-corrected chi connectivity index (χ2v) is 6.61. The van der Waals surface area contributed by atoms with Gasteiger partial charge in [0.25, 0.3) is 0 Å². The first-order valence-electron chi connectivity index (χ1n) is 9.34. The largest absolute Gasteiger partial charge is 0.353 e. The number of hydrogen-bond acceptors (Lipinski definition) is 6. The maximum Gasteiger partial charge on any atom is 0.133 e. The van der Waals surface area contributed by atoms with Gasteiger partial charge in [0, 0.05) is 69.6 Å². The molecular formula is C21H24N6. The SMILES string of the molecule is c1ccc(N2CCN(c3ncccc3CNCc3ccncc3)CC2)nc1. The van der Waals surface area contributed by atoms with Crippen molar-refractivity contribution in [1.82, 2.24) is 20.3 Å². The number of nitrogens with zero attached hydrogens (tertiary/aromatic N) is 5. The predicted molar refractivity (Wildman–Crippen MR) is 108 cm³/mol. The lowest BCUT2D eigenvalue weighted by molar-refractivity contribution is 0.631. The van der Waals surface area contributed by atoms with Crippen LogP contribution in [0.4, 0.5) is 11.6 Å². The normalized spacial score (nSPS) is 14.4. The van der Waals surface area contributed by atoms with Gasteiger partial charge < -0.3 is 15.1 Å². The summed E-state index contributed by atoms with van der Waals surface area (Å²) in [5, 5.41) is 3.52. The van der Waals surface area contributed by atoms with Crippen LogP contribution in [0.5, 0.6) is 0 Å². The quantitative estimate of drug-likeness (QED) is 0.729. The van der Waals surface area contributed by atoms with Crippen LogP contribution in [0.2, 0.25) is 0 Å². The molecule has 0 bridgehead atoms. The van der Waals surface area contributed by atoms with Gasteiger partial charge >= 0.3 is 0 Å². The lowest BCUT2D eigenvalue weighted by Crippen LogP contribution is -2.47. The molecule has 0 amide bonds. The summed E-state index contributed by atoms with van der Waals surface area (Å²) < 4.78 is 0. The van der Waals surface area contributed by atoms with Crippen LogP contribution in [0.15, 0.2) is 67.3 Å². The molecule has 0 aliphatic carbocycles. The Morgan fingerprint density at radius 3 is 2.30 bits per heavy atom. The van der Waals surface area contributed by atoms with Crippen molar-refractivity contribution in [3.05, 3.63) is 78.4 Å². The van der Waals surface area contributed by atoms with Crippen LogP contribution in [-0.2, 0) is 13.1 Å². The molecule has 0 saturated carbocycles. The van der Waals surface area contributed by atoms with Gasteiger partial charge in [0.15, 0.2) is 0 Å². The summed E-state index contributed by atoms with van der Waals surface area (Å²) in [6.07, 6.45) is 7.39. The molecule has 0 atom stereocenters. The standard InChI is InChI=1S/C21H24N6/c1-2-8-24-20(5-1)26-12-14-27(15-13-26)21-19(4-3-9-25-21)17-23-16-18-6-10-22-11-7-18/h1-11,23H,12-17H2. The number of aromatic nitrogens is 3. The third kappa shape index (κ3) is 4.41. The fraction of sp³-hybridized carbons (Fsp3) is 0.286. The maximum absolute atomic E-state index is 4.67. The van der Waals surface area contributed by atoms with Crippen molar-refractivity contribution in [2.75, 3.05) is 36.0 Å². The Balaban J connectivity index is 1.37. The molecule has 3 aromatic heterocycles. The van der Waals surface area contributed by atoms with Crippen molar-refractivity contribution < 1.29 is 0 Å². The second-order valence-electron chi connectivity index (χ2n) is 6.61. The fourth-order valence-electron chi connectivity index (χ4n) is 3.38. The Bertz CT molecular complexity index is 832. The summed E-state index contributed by atoms with van der Waals surface area (Å²) in [7, 11) is 0. The number of anilines is 2. The smallest absolute Gasteiger partial charge is 0.133 e. The average molecular weight is 360 g/mol. The lowest BCUT2D eigenvalue weighted by atomic mass is 10.2. The Hall–Kier alpha value is -2.99. The topological polar surface area (TPSA) is 57.2 Å². The van der Waals surface area contributed by atoms with E-state index in [1.54, 1.807) is 0 Å². The molecule has 1 aliphatic heterocycles. The van der Waals surface area contributed by atoms with Crippen molar-refractivity contribution in [2.24, 2.45) is 0 Å². The third-order valence-corrected chi connectivity index (χ3v) is 4.81. The van der Waals surface area contributed by atoms with Gasteiger partial charge in [-0.1, -0.05) is 12.1 Å². The zero-order valence-electron chi connectivity index (χ0n) is 15.3. The number of pyridine rings is 3. The highest BCUT2D eigenvalue weighted by Crippen LogP contribution is 2.21. The van der Waals surface area contributed by atoms with E-state index in [1.165, 1.54) is 11.1 Å². The third-order valence-electron chi connectivity index (χ3n) is 4.81. The zero-order chi connectivity index (χ0) is 18.3. The van der Waals surface area contributed by atoms with Crippen LogP contribution in [0.25, 0.3) is 0 Å². The van der Waals surface area contributed by atoms with E-state index in [-0.39, 0.29) is 0 Å². The molecule has 1 saturated heterocycles. The van der Waals surface area contributed by atoms with Gasteiger partial charge in [0.2, 0.25) is 0 Å². The Morgan fingerprint density at radius 2 is 1.52 bits per heavy atom. The monoisotopic (exact) mass is 360 g/mol. The molecule has 6 heteroatoms. The molecule has 4 rings (SSSR count). The van der Waals surface area contributed by atoms with Gasteiger partial charge in [-0.15, -0.1) is 0 Å². The van der Waals surface area contributed by atoms with Gasteiger partial charge in [-0.05, 0) is 35.9 Å². The molecular weight excluding hydrogens is 336 g/mol. The molecule has 1 N–H and O–H groups in total. The van der Waals surface area contributed by atoms with Gasteiger partial charge in [-0.2, -0.15) is 0 Å². The van der Waals surface area contributed by atoms with Gasteiger partial charge in [0.1, 0.15) is 11.6 Å². The summed E-state index contributed by atoms with van der Waals surface area (Å²) in [6.45, 7) is 5.43. The summed E-state index contributed by atoms with van der Waals surface area (Å²) >= 11 is 0. The van der Waals surface area contributed by atoms with Crippen LogP contribution in [0, 0.1) is 0 Å². The molecule has 1 aliphatic rings. The van der Waals surface area contributed by atoms with E-state index in [0.717, 1.165) is 50.9 Å². The Labute approximate surface area is 159 Å². The highest BCUT2D eigenvalue weighted by molar-refractivity contribution is 5.49. The molecule has 3 aromatic rings. The zero-order valence-corrected chi connectivity index (χ0v) is 15.3. The molecule has 4 heterocycles. The van der Waals surface area contributed by atoms with Gasteiger partial charge in [0.05, 0.1) is 0 Å². The van der Waals surface area contributed by atoms with E-state index < -0.39 is 0 Å². The molecule has 0 aromatic carbocycles. The van der Waals surface area contributed by atoms with E-state index in [2.05, 4.69) is 42.2 Å². The van der Waals surface area contributed by atoms with Crippen molar-refractivity contribution in [1.29, 1.82) is 0 Å². The van der Waals surface area contributed by atoms with Crippen LogP contribution in [-0.4, -0.2) is 41.1 Å². The van der Waals surface area contributed by atoms with Crippen LogP contribution >= 0.6 is 0 Å². The molecule has 138 valence electrons. The van der Waals surface area contributed by atoms with Crippen LogP contribution in [0.1, 0.15) is 11.1 Å². The van der Waals surface area contributed by atoms with E-state index in [9.17, 15) is 0 Å². The van der Waals surface area contributed by atoms with Crippen molar-refractivity contribution in [3.8, 4) is 0 Å². The van der Waals surface area contributed by atoms with Crippen molar-refractivity contribution in [3.63, 3.8) is 0 Å². The maximum atomic E-state index is 4.67. The minimum absolute atomic E-state index is 0.798. The summed E-state index contributed by atoms with van der Waals surface area (Å²) in [6, 6.07) is 14.3. The van der Waals surface area contributed by atoms with E-state index in [1.807, 2.05) is 55.1 Å². The average Bonchev–Trinajstić information content (AvgIpc) is 2.76. The van der Waals surface area contributed by atoms with Gasteiger partial charge in [-0.3, -0.25) is 4.98 Å². The number of piperazine rings is 1. The van der Waals surface area contributed by atoms with E-state index >= 15 is 0 Å². The number of rotatable bonds is 6. The molecule has 6 nitrogen and oxygen atoms in total.